The first-order valence-electron chi connectivity index (χ1n) is 8.83. The van der Waals surface area contributed by atoms with Crippen LogP contribution in [0.1, 0.15) is 14.8 Å². The molecule has 2 heterocycles. The molecule has 0 aliphatic carbocycles. The van der Waals surface area contributed by atoms with Crippen LogP contribution in [-0.2, 0) is 6.54 Å². The first-order chi connectivity index (χ1) is 14.6. The van der Waals surface area contributed by atoms with Crippen molar-refractivity contribution in [1.29, 1.82) is 0 Å². The summed E-state index contributed by atoms with van der Waals surface area (Å²) in [6.07, 6.45) is 1.97. The van der Waals surface area contributed by atoms with E-state index >= 15 is 0 Å². The highest BCUT2D eigenvalue weighted by atomic mass is 32.2. The number of anilines is 2. The molecule has 3 aromatic rings. The van der Waals surface area contributed by atoms with Crippen LogP contribution in [0.5, 0.6) is 11.5 Å². The van der Waals surface area contributed by atoms with Crippen LogP contribution in [-0.4, -0.2) is 35.2 Å². The molecule has 4 rings (SSSR count). The molecule has 0 atom stereocenters. The summed E-state index contributed by atoms with van der Waals surface area (Å²) in [5.74, 6) is 0.815. The zero-order valence-corrected chi connectivity index (χ0v) is 17.4. The summed E-state index contributed by atoms with van der Waals surface area (Å²) in [6, 6.07) is 12.3. The molecule has 3 amide bonds. The van der Waals surface area contributed by atoms with E-state index in [0.29, 0.717) is 27.9 Å². The van der Waals surface area contributed by atoms with Crippen molar-refractivity contribution in [2.75, 3.05) is 23.7 Å². The van der Waals surface area contributed by atoms with Crippen LogP contribution < -0.4 is 25.4 Å². The Labute approximate surface area is 180 Å². The van der Waals surface area contributed by atoms with Crippen molar-refractivity contribution in [3.63, 3.8) is 0 Å². The van der Waals surface area contributed by atoms with Crippen molar-refractivity contribution >= 4 is 46.4 Å². The molecule has 9 nitrogen and oxygen atoms in total. The number of nitrogens with one attached hydrogen (secondary N) is 3. The van der Waals surface area contributed by atoms with Crippen molar-refractivity contribution in [3.8, 4) is 11.5 Å². The third kappa shape index (κ3) is 4.81. The summed E-state index contributed by atoms with van der Waals surface area (Å²) in [6.45, 7) is 0.319. The molecular formula is C19H17N5O4S2. The fraction of sp³-hybridized carbons (Fsp3) is 0.158. The maximum Gasteiger partial charge on any atom is 0.319 e. The highest BCUT2D eigenvalue weighted by molar-refractivity contribution is 7.98. The van der Waals surface area contributed by atoms with Gasteiger partial charge in [-0.25, -0.2) is 4.79 Å². The molecular weight excluding hydrogens is 426 g/mol. The number of thioether (sulfide) groups is 1. The van der Waals surface area contributed by atoms with Gasteiger partial charge in [-0.2, -0.15) is 0 Å². The number of carbonyl (C=O) groups excluding carboxylic acids is 2. The van der Waals surface area contributed by atoms with Gasteiger partial charge in [-0.3, -0.25) is 4.79 Å². The van der Waals surface area contributed by atoms with Gasteiger partial charge in [0.15, 0.2) is 11.5 Å². The molecule has 1 aliphatic rings. The molecule has 0 spiro atoms. The molecule has 0 bridgehead atoms. The highest BCUT2D eigenvalue weighted by Crippen LogP contribution is 2.34. The summed E-state index contributed by atoms with van der Waals surface area (Å²) >= 11 is 2.70. The molecule has 154 valence electrons. The van der Waals surface area contributed by atoms with Gasteiger partial charge in [0, 0.05) is 22.3 Å². The lowest BCUT2D eigenvalue weighted by atomic mass is 10.3. The lowest BCUT2D eigenvalue weighted by molar-refractivity contribution is 0.102. The largest absolute Gasteiger partial charge is 0.454 e. The van der Waals surface area contributed by atoms with Gasteiger partial charge in [-0.1, -0.05) is 17.4 Å². The van der Waals surface area contributed by atoms with E-state index in [1.54, 1.807) is 30.0 Å². The van der Waals surface area contributed by atoms with Crippen molar-refractivity contribution in [3.05, 3.63) is 52.5 Å². The summed E-state index contributed by atoms with van der Waals surface area (Å²) in [7, 11) is 0. The molecule has 0 saturated carbocycles. The normalized spacial score (nSPS) is 11.8. The first-order valence-corrected chi connectivity index (χ1v) is 10.9. The number of benzene rings is 2. The number of hydrogen-bond donors (Lipinski definition) is 3. The van der Waals surface area contributed by atoms with Gasteiger partial charge < -0.3 is 25.4 Å². The number of urea groups is 1. The second-order valence-electron chi connectivity index (χ2n) is 6.06. The Morgan fingerprint density at radius 1 is 1.07 bits per heavy atom. The first kappa shape index (κ1) is 20.0. The minimum absolute atomic E-state index is 0.156. The van der Waals surface area contributed by atoms with E-state index in [4.69, 9.17) is 9.47 Å². The molecule has 0 unspecified atom stereocenters. The van der Waals surface area contributed by atoms with Crippen molar-refractivity contribution in [2.24, 2.45) is 0 Å². The van der Waals surface area contributed by atoms with Crippen LogP contribution in [0.15, 0.2) is 47.4 Å². The zero-order chi connectivity index (χ0) is 20.9. The highest BCUT2D eigenvalue weighted by Gasteiger charge is 2.17. The average Bonchev–Trinajstić information content (AvgIpc) is 3.41. The van der Waals surface area contributed by atoms with Crippen molar-refractivity contribution in [2.45, 2.75) is 11.4 Å². The molecule has 3 N–H and O–H groups in total. The standard InChI is InChI=1S/C19H17N5O4S2/c1-29-13-4-2-3-11(7-13)22-19(26)20-9-16-23-24-18(30-16)17(25)21-12-5-6-14-15(8-12)28-10-27-14/h2-8H,9-10H2,1H3,(H,21,25)(H2,20,22,26). The maximum absolute atomic E-state index is 12.4. The third-order valence-electron chi connectivity index (χ3n) is 4.02. The smallest absolute Gasteiger partial charge is 0.319 e. The van der Waals surface area contributed by atoms with Crippen LogP contribution in [0, 0.1) is 0 Å². The summed E-state index contributed by atoms with van der Waals surface area (Å²) in [5, 5.41) is 16.8. The van der Waals surface area contributed by atoms with Crippen LogP contribution in [0.25, 0.3) is 0 Å². The number of ether oxygens (including phenoxy) is 2. The molecule has 1 aromatic heterocycles. The number of carbonyl (C=O) groups is 2. The summed E-state index contributed by atoms with van der Waals surface area (Å²) < 4.78 is 10.5. The van der Waals surface area contributed by atoms with E-state index in [1.807, 2.05) is 30.5 Å². The quantitative estimate of drug-likeness (QED) is 0.499. The number of amides is 3. The summed E-state index contributed by atoms with van der Waals surface area (Å²) in [5.41, 5.74) is 1.26. The Kier molecular flexibility index (Phi) is 6.00. The predicted octanol–water partition coefficient (Wildman–Crippen LogP) is 3.56. The fourth-order valence-corrected chi connectivity index (χ4v) is 3.74. The van der Waals surface area contributed by atoms with Crippen LogP contribution in [0.2, 0.25) is 0 Å². The average molecular weight is 444 g/mol. The lowest BCUT2D eigenvalue weighted by Crippen LogP contribution is -2.28. The zero-order valence-electron chi connectivity index (χ0n) is 15.8. The van der Waals surface area contributed by atoms with Crippen LogP contribution >= 0.6 is 23.1 Å². The Balaban J connectivity index is 1.30. The fourth-order valence-electron chi connectivity index (χ4n) is 2.61. The van der Waals surface area contributed by atoms with E-state index in [1.165, 1.54) is 0 Å². The maximum atomic E-state index is 12.4. The minimum Gasteiger partial charge on any atom is -0.454 e. The molecule has 0 radical (unpaired) electrons. The number of fused-ring (bicyclic) bond motifs is 1. The van der Waals surface area contributed by atoms with Gasteiger partial charge in [0.2, 0.25) is 11.8 Å². The van der Waals surface area contributed by atoms with Gasteiger partial charge in [0.25, 0.3) is 5.91 Å². The molecule has 2 aromatic carbocycles. The van der Waals surface area contributed by atoms with E-state index in [2.05, 4.69) is 26.1 Å². The third-order valence-corrected chi connectivity index (χ3v) is 5.67. The van der Waals surface area contributed by atoms with Gasteiger partial charge in [-0.15, -0.1) is 22.0 Å². The van der Waals surface area contributed by atoms with Gasteiger partial charge in [0.05, 0.1) is 6.54 Å². The second kappa shape index (κ2) is 9.01. The number of rotatable bonds is 6. The number of nitrogens with zero attached hydrogens (tertiary/aromatic N) is 2. The number of hydrogen-bond acceptors (Lipinski definition) is 8. The molecule has 0 fully saturated rings. The summed E-state index contributed by atoms with van der Waals surface area (Å²) in [4.78, 5) is 25.5. The molecule has 1 aliphatic heterocycles. The molecule has 0 saturated heterocycles. The molecule has 11 heteroatoms. The van der Waals surface area contributed by atoms with Gasteiger partial charge >= 0.3 is 6.03 Å². The van der Waals surface area contributed by atoms with Crippen LogP contribution in [0.3, 0.4) is 0 Å². The minimum atomic E-state index is -0.393. The second-order valence-corrected chi connectivity index (χ2v) is 8.00. The topological polar surface area (TPSA) is 114 Å². The van der Waals surface area contributed by atoms with Crippen molar-refractivity contribution < 1.29 is 19.1 Å². The Morgan fingerprint density at radius 2 is 1.90 bits per heavy atom. The Hall–Kier alpha value is -3.31. The van der Waals surface area contributed by atoms with E-state index in [0.717, 1.165) is 16.2 Å². The Bertz CT molecular complexity index is 1090. The van der Waals surface area contributed by atoms with Crippen molar-refractivity contribution in [1.82, 2.24) is 15.5 Å². The van der Waals surface area contributed by atoms with E-state index in [-0.39, 0.29) is 24.4 Å². The predicted molar refractivity (Wildman–Crippen MR) is 115 cm³/mol. The van der Waals surface area contributed by atoms with E-state index < -0.39 is 5.91 Å². The number of aromatic nitrogens is 2. The monoisotopic (exact) mass is 443 g/mol. The van der Waals surface area contributed by atoms with E-state index in [9.17, 15) is 9.59 Å². The van der Waals surface area contributed by atoms with Gasteiger partial charge in [-0.05, 0) is 36.6 Å². The van der Waals surface area contributed by atoms with Crippen LogP contribution in [0.4, 0.5) is 16.2 Å². The van der Waals surface area contributed by atoms with Gasteiger partial charge in [0.1, 0.15) is 5.01 Å². The SMILES string of the molecule is CSc1cccc(NC(=O)NCc2nnc(C(=O)Nc3ccc4c(c3)OCO4)s2)c1. The molecule has 30 heavy (non-hydrogen) atoms. The Morgan fingerprint density at radius 3 is 2.77 bits per heavy atom. The lowest BCUT2D eigenvalue weighted by Gasteiger charge is -2.07.